The molecule has 1 aromatic rings. The van der Waals surface area contributed by atoms with E-state index in [2.05, 4.69) is 4.98 Å². The van der Waals surface area contributed by atoms with Crippen molar-refractivity contribution in [2.75, 3.05) is 19.6 Å². The van der Waals surface area contributed by atoms with Gasteiger partial charge >= 0.3 is 6.18 Å². The van der Waals surface area contributed by atoms with Crippen LogP contribution in [0.5, 0.6) is 0 Å². The molecule has 1 saturated heterocycles. The van der Waals surface area contributed by atoms with Gasteiger partial charge in [0.15, 0.2) is 0 Å². The summed E-state index contributed by atoms with van der Waals surface area (Å²) in [5.41, 5.74) is 4.38. The maximum Gasteiger partial charge on any atom is 0.433 e. The summed E-state index contributed by atoms with van der Waals surface area (Å²) in [7, 11) is 0. The Bertz CT molecular complexity index is 676. The number of rotatable bonds is 3. The average Bonchev–Trinajstić information content (AvgIpc) is 2.52. The number of hydrogen-bond acceptors (Lipinski definition) is 4. The van der Waals surface area contributed by atoms with E-state index in [1.165, 1.54) is 11.8 Å². The first kappa shape index (κ1) is 19.2. The summed E-state index contributed by atoms with van der Waals surface area (Å²) in [6, 6.07) is 1.23. The molecule has 1 unspecified atom stereocenters. The highest BCUT2D eigenvalue weighted by atomic mass is 19.4. The lowest BCUT2D eigenvalue weighted by Crippen LogP contribution is -2.61. The Kier molecular flexibility index (Phi) is 5.36. The van der Waals surface area contributed by atoms with E-state index in [0.29, 0.717) is 13.1 Å². The van der Waals surface area contributed by atoms with Crippen molar-refractivity contribution in [1.82, 2.24) is 14.8 Å². The molecule has 9 heteroatoms. The topological polar surface area (TPSA) is 79.5 Å². The van der Waals surface area contributed by atoms with Crippen LogP contribution in [0.3, 0.4) is 0 Å². The summed E-state index contributed by atoms with van der Waals surface area (Å²) in [6.45, 7) is 6.41. The number of hydrogen-bond donors (Lipinski definition) is 1. The van der Waals surface area contributed by atoms with Crippen molar-refractivity contribution in [3.63, 3.8) is 0 Å². The predicted octanol–water partition coefficient (Wildman–Crippen LogP) is 1.43. The van der Waals surface area contributed by atoms with Gasteiger partial charge in [0.1, 0.15) is 11.7 Å². The molecular formula is C16H21F3N4O2. The second-order valence-corrected chi connectivity index (χ2v) is 6.33. The molecule has 1 aromatic heterocycles. The van der Waals surface area contributed by atoms with Gasteiger partial charge in [0.2, 0.25) is 5.91 Å². The lowest BCUT2D eigenvalue weighted by atomic mass is 10.1. The van der Waals surface area contributed by atoms with Crippen LogP contribution < -0.4 is 5.73 Å². The Morgan fingerprint density at radius 3 is 2.40 bits per heavy atom. The third kappa shape index (κ3) is 4.09. The molecule has 2 rings (SSSR count). The third-order valence-electron chi connectivity index (χ3n) is 4.34. The van der Waals surface area contributed by atoms with Crippen molar-refractivity contribution >= 4 is 11.8 Å². The molecule has 1 aliphatic rings. The van der Waals surface area contributed by atoms with Crippen LogP contribution in [-0.4, -0.2) is 58.3 Å². The molecule has 6 nitrogen and oxygen atoms in total. The summed E-state index contributed by atoms with van der Waals surface area (Å²) in [6.07, 6.45) is -4.58. The summed E-state index contributed by atoms with van der Waals surface area (Å²) >= 11 is 0. The molecule has 2 N–H and O–H groups in total. The summed E-state index contributed by atoms with van der Waals surface area (Å²) in [5, 5.41) is 0. The molecule has 2 heterocycles. The Morgan fingerprint density at radius 2 is 1.92 bits per heavy atom. The highest BCUT2D eigenvalue weighted by Gasteiger charge is 2.37. The first-order valence-corrected chi connectivity index (χ1v) is 7.91. The summed E-state index contributed by atoms with van der Waals surface area (Å²) in [5.74, 6) is -1.18. The number of amides is 2. The minimum Gasteiger partial charge on any atom is -0.368 e. The zero-order valence-corrected chi connectivity index (χ0v) is 14.3. The molecule has 138 valence electrons. The minimum absolute atomic E-state index is 0.0330. The number of pyridine rings is 1. The SMILES string of the molecule is Cc1nc(C(F)(F)F)ccc1C(=O)N1CCN(C(C)C)CC1C(N)=O. The number of primary amides is 1. The first-order valence-electron chi connectivity index (χ1n) is 7.91. The molecule has 1 aliphatic heterocycles. The Labute approximate surface area is 143 Å². The second-order valence-electron chi connectivity index (χ2n) is 6.33. The molecule has 25 heavy (non-hydrogen) atoms. The van der Waals surface area contributed by atoms with E-state index >= 15 is 0 Å². The largest absolute Gasteiger partial charge is 0.433 e. The van der Waals surface area contributed by atoms with Gasteiger partial charge in [-0.25, -0.2) is 4.98 Å². The Hall–Kier alpha value is -2.16. The van der Waals surface area contributed by atoms with Crippen LogP contribution in [0.25, 0.3) is 0 Å². The molecular weight excluding hydrogens is 337 g/mol. The molecule has 0 spiro atoms. The van der Waals surface area contributed by atoms with Crippen LogP contribution in [0.1, 0.15) is 35.6 Å². The number of carbonyl (C=O) groups excluding carboxylic acids is 2. The van der Waals surface area contributed by atoms with E-state index in [9.17, 15) is 22.8 Å². The molecule has 0 radical (unpaired) electrons. The molecule has 2 amide bonds. The lowest BCUT2D eigenvalue weighted by Gasteiger charge is -2.41. The van der Waals surface area contributed by atoms with Crippen LogP contribution in [0.4, 0.5) is 13.2 Å². The number of aromatic nitrogens is 1. The number of alkyl halides is 3. The number of nitrogens with two attached hydrogens (primary N) is 1. The van der Waals surface area contributed by atoms with E-state index < -0.39 is 29.7 Å². The van der Waals surface area contributed by atoms with E-state index in [-0.39, 0.29) is 23.8 Å². The lowest BCUT2D eigenvalue weighted by molar-refractivity contribution is -0.141. The van der Waals surface area contributed by atoms with Gasteiger partial charge in [-0.05, 0) is 32.9 Å². The highest BCUT2D eigenvalue weighted by Crippen LogP contribution is 2.28. The van der Waals surface area contributed by atoms with Crippen molar-refractivity contribution < 1.29 is 22.8 Å². The zero-order chi connectivity index (χ0) is 18.9. The van der Waals surface area contributed by atoms with Gasteiger partial charge in [0.25, 0.3) is 5.91 Å². The molecule has 0 aromatic carbocycles. The highest BCUT2D eigenvalue weighted by molar-refractivity contribution is 5.98. The predicted molar refractivity (Wildman–Crippen MR) is 84.7 cm³/mol. The maximum atomic E-state index is 12.8. The second kappa shape index (κ2) is 6.99. The fraction of sp³-hybridized carbons (Fsp3) is 0.562. The van der Waals surface area contributed by atoms with Gasteiger partial charge < -0.3 is 10.6 Å². The fourth-order valence-corrected chi connectivity index (χ4v) is 2.86. The van der Waals surface area contributed by atoms with Crippen molar-refractivity contribution in [3.8, 4) is 0 Å². The van der Waals surface area contributed by atoms with Crippen LogP contribution in [0.2, 0.25) is 0 Å². The monoisotopic (exact) mass is 358 g/mol. The molecule has 0 saturated carbocycles. The summed E-state index contributed by atoms with van der Waals surface area (Å²) in [4.78, 5) is 31.3. The average molecular weight is 358 g/mol. The van der Waals surface area contributed by atoms with Crippen LogP contribution in [0.15, 0.2) is 12.1 Å². The Morgan fingerprint density at radius 1 is 1.28 bits per heavy atom. The number of nitrogens with zero attached hydrogens (tertiary/aromatic N) is 3. The summed E-state index contributed by atoms with van der Waals surface area (Å²) < 4.78 is 38.2. The van der Waals surface area contributed by atoms with Gasteiger partial charge in [-0.1, -0.05) is 0 Å². The number of piperazine rings is 1. The third-order valence-corrected chi connectivity index (χ3v) is 4.34. The van der Waals surface area contributed by atoms with Crippen LogP contribution >= 0.6 is 0 Å². The smallest absolute Gasteiger partial charge is 0.368 e. The van der Waals surface area contributed by atoms with E-state index in [1.807, 2.05) is 18.7 Å². The maximum absolute atomic E-state index is 12.8. The van der Waals surface area contributed by atoms with Crippen molar-refractivity contribution in [2.45, 2.75) is 39.0 Å². The standard InChI is InChI=1S/C16H21F3N4O2/c1-9(2)22-6-7-23(12(8-22)14(20)24)15(25)11-4-5-13(16(17,18)19)21-10(11)3/h4-5,9,12H,6-8H2,1-3H3,(H2,20,24). The fourth-order valence-electron chi connectivity index (χ4n) is 2.86. The van der Waals surface area contributed by atoms with Crippen LogP contribution in [0, 0.1) is 6.92 Å². The normalized spacial score (nSPS) is 19.3. The molecule has 1 atom stereocenters. The number of halogens is 3. The quantitative estimate of drug-likeness (QED) is 0.887. The van der Waals surface area contributed by atoms with Crippen molar-refractivity contribution in [2.24, 2.45) is 5.73 Å². The van der Waals surface area contributed by atoms with Gasteiger partial charge in [0.05, 0.1) is 11.3 Å². The van der Waals surface area contributed by atoms with Crippen molar-refractivity contribution in [1.29, 1.82) is 0 Å². The van der Waals surface area contributed by atoms with Gasteiger partial charge in [0, 0.05) is 25.7 Å². The number of carbonyl (C=O) groups is 2. The molecule has 0 bridgehead atoms. The van der Waals surface area contributed by atoms with Crippen LogP contribution in [-0.2, 0) is 11.0 Å². The minimum atomic E-state index is -4.58. The van der Waals surface area contributed by atoms with Gasteiger partial charge in [-0.3, -0.25) is 14.5 Å². The Balaban J connectivity index is 2.28. The van der Waals surface area contributed by atoms with Gasteiger partial charge in [-0.15, -0.1) is 0 Å². The van der Waals surface area contributed by atoms with E-state index in [0.717, 1.165) is 12.1 Å². The first-order chi connectivity index (χ1) is 11.5. The van der Waals surface area contributed by atoms with E-state index in [1.54, 1.807) is 0 Å². The molecule has 1 fully saturated rings. The van der Waals surface area contributed by atoms with E-state index in [4.69, 9.17) is 5.73 Å². The zero-order valence-electron chi connectivity index (χ0n) is 14.3. The van der Waals surface area contributed by atoms with Gasteiger partial charge in [-0.2, -0.15) is 13.2 Å². The number of aryl methyl sites for hydroxylation is 1. The molecule has 0 aliphatic carbocycles. The van der Waals surface area contributed by atoms with Crippen molar-refractivity contribution in [3.05, 3.63) is 29.1 Å².